The minimum absolute atomic E-state index is 0.450. The van der Waals surface area contributed by atoms with Crippen molar-refractivity contribution in [3.05, 3.63) is 71.2 Å². The lowest BCUT2D eigenvalue weighted by molar-refractivity contribution is 0.122. The maximum atomic E-state index is 6.60. The van der Waals surface area contributed by atoms with Crippen molar-refractivity contribution in [3.8, 4) is 22.9 Å². The van der Waals surface area contributed by atoms with Crippen LogP contribution in [-0.4, -0.2) is 36.3 Å². The Morgan fingerprint density at radius 3 is 2.60 bits per heavy atom. The molecule has 0 atom stereocenters. The van der Waals surface area contributed by atoms with Crippen LogP contribution in [0.3, 0.4) is 0 Å². The van der Waals surface area contributed by atoms with E-state index in [2.05, 4.69) is 39.1 Å². The molecule has 2 heterocycles. The normalized spacial score (nSPS) is 14.3. The third kappa shape index (κ3) is 3.86. The largest absolute Gasteiger partial charge is 0.426 e. The van der Waals surface area contributed by atoms with Crippen molar-refractivity contribution >= 4 is 28.3 Å². The van der Waals surface area contributed by atoms with Gasteiger partial charge in [-0.05, 0) is 54.4 Å². The molecule has 1 aliphatic heterocycles. The standard InChI is InChI=1S/C24H22ClN3O2/c1-16-3-2-4-19(13-16)30-24-26-22-14-20(21(25)15-23(22)27-24)17-5-7-18(8-6-17)28-9-11-29-12-10-28/h2-8,13-15H,9-12H2,1H3,(H,26,27). The highest BCUT2D eigenvalue weighted by Crippen LogP contribution is 2.34. The number of anilines is 1. The number of benzene rings is 3. The van der Waals surface area contributed by atoms with Crippen molar-refractivity contribution in [2.45, 2.75) is 6.92 Å². The van der Waals surface area contributed by atoms with E-state index in [-0.39, 0.29) is 0 Å². The SMILES string of the molecule is Cc1cccc(Oc2nc3cc(-c4ccc(N5CCOCC5)cc4)c(Cl)cc3[nH]2)c1. The van der Waals surface area contributed by atoms with Gasteiger partial charge in [0, 0.05) is 24.3 Å². The summed E-state index contributed by atoms with van der Waals surface area (Å²) in [4.78, 5) is 10.1. The average molecular weight is 420 g/mol. The number of morpholine rings is 1. The van der Waals surface area contributed by atoms with Gasteiger partial charge in [0.1, 0.15) is 5.75 Å². The minimum atomic E-state index is 0.450. The van der Waals surface area contributed by atoms with E-state index in [0.717, 1.165) is 59.8 Å². The first-order chi connectivity index (χ1) is 14.7. The first-order valence-corrected chi connectivity index (χ1v) is 10.4. The highest BCUT2D eigenvalue weighted by molar-refractivity contribution is 6.34. The summed E-state index contributed by atoms with van der Waals surface area (Å²) in [6.07, 6.45) is 0. The molecule has 0 spiro atoms. The molecule has 1 aliphatic rings. The molecular weight excluding hydrogens is 398 g/mol. The van der Waals surface area contributed by atoms with Gasteiger partial charge in [0.15, 0.2) is 0 Å². The van der Waals surface area contributed by atoms with Crippen LogP contribution in [0.4, 0.5) is 5.69 Å². The molecule has 1 fully saturated rings. The highest BCUT2D eigenvalue weighted by atomic mass is 35.5. The summed E-state index contributed by atoms with van der Waals surface area (Å²) in [6.45, 7) is 5.42. The summed E-state index contributed by atoms with van der Waals surface area (Å²) < 4.78 is 11.3. The Hall–Kier alpha value is -3.02. The van der Waals surface area contributed by atoms with Crippen LogP contribution in [0.15, 0.2) is 60.7 Å². The first-order valence-electron chi connectivity index (χ1n) is 10.0. The van der Waals surface area contributed by atoms with Gasteiger partial charge in [0.05, 0.1) is 29.3 Å². The van der Waals surface area contributed by atoms with E-state index < -0.39 is 0 Å². The number of imidazole rings is 1. The molecule has 5 rings (SSSR count). The van der Waals surface area contributed by atoms with Gasteiger partial charge in [-0.1, -0.05) is 35.9 Å². The summed E-state index contributed by atoms with van der Waals surface area (Å²) in [5, 5.41) is 0.673. The van der Waals surface area contributed by atoms with Gasteiger partial charge in [-0.2, -0.15) is 4.98 Å². The second kappa shape index (κ2) is 8.01. The highest BCUT2D eigenvalue weighted by Gasteiger charge is 2.13. The number of aromatic nitrogens is 2. The predicted molar refractivity (Wildman–Crippen MR) is 121 cm³/mol. The van der Waals surface area contributed by atoms with Gasteiger partial charge in [-0.3, -0.25) is 0 Å². The zero-order chi connectivity index (χ0) is 20.5. The number of hydrogen-bond acceptors (Lipinski definition) is 4. The van der Waals surface area contributed by atoms with Crippen molar-refractivity contribution < 1.29 is 9.47 Å². The van der Waals surface area contributed by atoms with E-state index in [4.69, 9.17) is 21.1 Å². The van der Waals surface area contributed by atoms with Gasteiger partial charge >= 0.3 is 0 Å². The minimum Gasteiger partial charge on any atom is -0.426 e. The van der Waals surface area contributed by atoms with E-state index in [1.807, 2.05) is 43.3 Å². The Balaban J connectivity index is 1.42. The number of rotatable bonds is 4. The Labute approximate surface area is 180 Å². The summed E-state index contributed by atoms with van der Waals surface area (Å²) in [5.74, 6) is 0.749. The fraction of sp³-hybridized carbons (Fsp3) is 0.208. The van der Waals surface area contributed by atoms with Gasteiger partial charge in [-0.15, -0.1) is 0 Å². The summed E-state index contributed by atoms with van der Waals surface area (Å²) >= 11 is 6.60. The van der Waals surface area contributed by atoms with E-state index in [9.17, 15) is 0 Å². The van der Waals surface area contributed by atoms with Crippen molar-refractivity contribution in [2.75, 3.05) is 31.2 Å². The molecule has 6 heteroatoms. The van der Waals surface area contributed by atoms with Crippen LogP contribution in [0, 0.1) is 6.92 Å². The molecular formula is C24H22ClN3O2. The zero-order valence-corrected chi connectivity index (χ0v) is 17.4. The number of nitrogens with zero attached hydrogens (tertiary/aromatic N) is 2. The molecule has 0 amide bonds. The summed E-state index contributed by atoms with van der Waals surface area (Å²) in [6, 6.07) is 20.7. The molecule has 1 aromatic heterocycles. The van der Waals surface area contributed by atoms with E-state index in [1.54, 1.807) is 0 Å². The molecule has 0 bridgehead atoms. The summed E-state index contributed by atoms with van der Waals surface area (Å²) in [7, 11) is 0. The molecule has 0 radical (unpaired) electrons. The maximum absolute atomic E-state index is 6.60. The van der Waals surface area contributed by atoms with Crippen LogP contribution in [0.2, 0.25) is 5.02 Å². The summed E-state index contributed by atoms with van der Waals surface area (Å²) in [5.41, 5.74) is 6.00. The van der Waals surface area contributed by atoms with Crippen LogP contribution in [0.5, 0.6) is 11.8 Å². The number of hydrogen-bond donors (Lipinski definition) is 1. The number of aryl methyl sites for hydroxylation is 1. The Kier molecular flexibility index (Phi) is 5.07. The molecule has 3 aromatic carbocycles. The fourth-order valence-corrected chi connectivity index (χ4v) is 4.01. The van der Waals surface area contributed by atoms with Crippen LogP contribution >= 0.6 is 11.6 Å². The number of nitrogens with one attached hydrogen (secondary N) is 1. The molecule has 1 saturated heterocycles. The third-order valence-corrected chi connectivity index (χ3v) is 5.62. The third-order valence-electron chi connectivity index (χ3n) is 5.31. The molecule has 4 aromatic rings. The number of H-pyrrole nitrogens is 1. The Bertz CT molecular complexity index is 1180. The lowest BCUT2D eigenvalue weighted by Crippen LogP contribution is -2.36. The molecule has 152 valence electrons. The van der Waals surface area contributed by atoms with Gasteiger partial charge in [-0.25, -0.2) is 0 Å². The zero-order valence-electron chi connectivity index (χ0n) is 16.7. The predicted octanol–water partition coefficient (Wildman–Crippen LogP) is 5.82. The monoisotopic (exact) mass is 419 g/mol. The fourth-order valence-electron chi connectivity index (χ4n) is 3.74. The van der Waals surface area contributed by atoms with Crippen molar-refractivity contribution in [1.29, 1.82) is 0 Å². The molecule has 0 saturated carbocycles. The lowest BCUT2D eigenvalue weighted by atomic mass is 10.0. The molecule has 30 heavy (non-hydrogen) atoms. The van der Waals surface area contributed by atoms with Crippen molar-refractivity contribution in [2.24, 2.45) is 0 Å². The second-order valence-electron chi connectivity index (χ2n) is 7.46. The van der Waals surface area contributed by atoms with Gasteiger partial charge in [0.25, 0.3) is 6.01 Å². The Morgan fingerprint density at radius 2 is 1.83 bits per heavy atom. The number of fused-ring (bicyclic) bond motifs is 1. The van der Waals surface area contributed by atoms with E-state index in [0.29, 0.717) is 11.0 Å². The van der Waals surface area contributed by atoms with Crippen LogP contribution < -0.4 is 9.64 Å². The maximum Gasteiger partial charge on any atom is 0.300 e. The Morgan fingerprint density at radius 1 is 1.03 bits per heavy atom. The van der Waals surface area contributed by atoms with Crippen LogP contribution in [0.1, 0.15) is 5.56 Å². The average Bonchev–Trinajstić information content (AvgIpc) is 3.15. The van der Waals surface area contributed by atoms with Gasteiger partial charge < -0.3 is 19.4 Å². The first kappa shape index (κ1) is 19.0. The van der Waals surface area contributed by atoms with Crippen LogP contribution in [0.25, 0.3) is 22.2 Å². The number of aromatic amines is 1. The topological polar surface area (TPSA) is 50.4 Å². The molecule has 5 nitrogen and oxygen atoms in total. The van der Waals surface area contributed by atoms with Crippen molar-refractivity contribution in [3.63, 3.8) is 0 Å². The smallest absolute Gasteiger partial charge is 0.300 e. The quantitative estimate of drug-likeness (QED) is 0.452. The second-order valence-corrected chi connectivity index (χ2v) is 7.86. The van der Waals surface area contributed by atoms with Gasteiger partial charge in [0.2, 0.25) is 0 Å². The van der Waals surface area contributed by atoms with Crippen molar-refractivity contribution in [1.82, 2.24) is 9.97 Å². The lowest BCUT2D eigenvalue weighted by Gasteiger charge is -2.29. The number of ether oxygens (including phenoxy) is 2. The molecule has 0 unspecified atom stereocenters. The van der Waals surface area contributed by atoms with E-state index >= 15 is 0 Å². The molecule has 0 aliphatic carbocycles. The molecule has 1 N–H and O–H groups in total. The van der Waals surface area contributed by atoms with E-state index in [1.165, 1.54) is 5.69 Å². The van der Waals surface area contributed by atoms with Crippen LogP contribution in [-0.2, 0) is 4.74 Å². The number of halogens is 1.